The molecule has 5 heteroatoms. The Hall–Kier alpha value is -0.800. The molecule has 0 spiro atoms. The highest BCUT2D eigenvalue weighted by atomic mass is 35.5. The van der Waals surface area contributed by atoms with Crippen molar-refractivity contribution in [3.63, 3.8) is 0 Å². The van der Waals surface area contributed by atoms with E-state index in [1.807, 2.05) is 6.92 Å². The zero-order valence-electron chi connectivity index (χ0n) is 11.3. The van der Waals surface area contributed by atoms with E-state index in [0.717, 1.165) is 12.8 Å². The Morgan fingerprint density at radius 3 is 2.47 bits per heavy atom. The number of ether oxygens (including phenoxy) is 1. The molecule has 19 heavy (non-hydrogen) atoms. The van der Waals surface area contributed by atoms with Crippen molar-refractivity contribution >= 4 is 29.2 Å². The number of carbonyl (C=O) groups is 1. The number of halogens is 2. The van der Waals surface area contributed by atoms with Gasteiger partial charge in [0.15, 0.2) is 0 Å². The van der Waals surface area contributed by atoms with Crippen molar-refractivity contribution in [3.8, 4) is 0 Å². The van der Waals surface area contributed by atoms with Gasteiger partial charge in [0.25, 0.3) is 0 Å². The number of hydrogen-bond acceptors (Lipinski definition) is 3. The molecule has 0 saturated heterocycles. The molecule has 0 aliphatic carbocycles. The maximum absolute atomic E-state index is 11.9. The highest BCUT2D eigenvalue weighted by Gasteiger charge is 2.13. The van der Waals surface area contributed by atoms with Crippen molar-refractivity contribution in [1.29, 1.82) is 0 Å². The van der Waals surface area contributed by atoms with Crippen molar-refractivity contribution in [1.82, 2.24) is 4.98 Å². The van der Waals surface area contributed by atoms with Gasteiger partial charge in [0.05, 0.1) is 11.7 Å². The summed E-state index contributed by atoms with van der Waals surface area (Å²) in [7, 11) is 0. The first-order chi connectivity index (χ1) is 9.02. The van der Waals surface area contributed by atoms with E-state index >= 15 is 0 Å². The lowest BCUT2D eigenvalue weighted by molar-refractivity contribution is 0.0319. The molecule has 1 aromatic rings. The Balaban J connectivity index is 2.45. The molecule has 1 aromatic heterocycles. The minimum Gasteiger partial charge on any atom is -0.459 e. The van der Waals surface area contributed by atoms with Gasteiger partial charge < -0.3 is 4.74 Å². The number of unbranched alkanes of at least 4 members (excludes halogenated alkanes) is 3. The van der Waals surface area contributed by atoms with Gasteiger partial charge in [-0.25, -0.2) is 9.78 Å². The Labute approximate surface area is 124 Å². The number of aromatic nitrogens is 1. The monoisotopic (exact) mass is 303 g/mol. The van der Waals surface area contributed by atoms with Gasteiger partial charge in [-0.2, -0.15) is 0 Å². The summed E-state index contributed by atoms with van der Waals surface area (Å²) in [5.74, 6) is -0.408. The first kappa shape index (κ1) is 16.3. The molecular formula is C14H19Cl2NO2. The average molecular weight is 304 g/mol. The SMILES string of the molecule is CCCCCCC(C)OC(=O)c1cc(Cl)nc(Cl)c1. The summed E-state index contributed by atoms with van der Waals surface area (Å²) in [4.78, 5) is 15.7. The molecule has 0 radical (unpaired) electrons. The average Bonchev–Trinajstić information content (AvgIpc) is 2.33. The third kappa shape index (κ3) is 6.26. The van der Waals surface area contributed by atoms with Crippen LogP contribution in [0.5, 0.6) is 0 Å². The van der Waals surface area contributed by atoms with Gasteiger partial charge in [0, 0.05) is 0 Å². The van der Waals surface area contributed by atoms with E-state index in [2.05, 4.69) is 11.9 Å². The fourth-order valence-corrected chi connectivity index (χ4v) is 2.21. The van der Waals surface area contributed by atoms with Crippen LogP contribution in [0.2, 0.25) is 10.3 Å². The second-order valence-electron chi connectivity index (χ2n) is 4.57. The highest BCUT2D eigenvalue weighted by Crippen LogP contribution is 2.17. The molecule has 0 aromatic carbocycles. The van der Waals surface area contributed by atoms with Gasteiger partial charge in [-0.1, -0.05) is 49.4 Å². The molecule has 0 fully saturated rings. The molecule has 0 aliphatic rings. The van der Waals surface area contributed by atoms with E-state index in [-0.39, 0.29) is 16.4 Å². The molecule has 0 saturated carbocycles. The second kappa shape index (κ2) is 8.39. The molecule has 106 valence electrons. The van der Waals surface area contributed by atoms with Crippen molar-refractivity contribution in [3.05, 3.63) is 28.0 Å². The third-order valence-corrected chi connectivity index (χ3v) is 3.16. The predicted octanol–water partition coefficient (Wildman–Crippen LogP) is 4.90. The fourth-order valence-electron chi connectivity index (χ4n) is 1.75. The van der Waals surface area contributed by atoms with Gasteiger partial charge in [-0.15, -0.1) is 0 Å². The smallest absolute Gasteiger partial charge is 0.338 e. The third-order valence-electron chi connectivity index (χ3n) is 2.77. The predicted molar refractivity (Wildman–Crippen MR) is 77.9 cm³/mol. The Morgan fingerprint density at radius 2 is 1.89 bits per heavy atom. The van der Waals surface area contributed by atoms with Crippen molar-refractivity contribution in [2.45, 2.75) is 52.1 Å². The number of hydrogen-bond donors (Lipinski definition) is 0. The summed E-state index contributed by atoms with van der Waals surface area (Å²) in [6.45, 7) is 4.06. The first-order valence-electron chi connectivity index (χ1n) is 6.57. The van der Waals surface area contributed by atoms with Gasteiger partial charge >= 0.3 is 5.97 Å². The minimum atomic E-state index is -0.408. The van der Waals surface area contributed by atoms with E-state index in [1.54, 1.807) is 0 Å². The minimum absolute atomic E-state index is 0.102. The molecule has 1 heterocycles. The van der Waals surface area contributed by atoms with Crippen LogP contribution in [-0.2, 0) is 4.74 Å². The molecule has 0 N–H and O–H groups in total. The van der Waals surface area contributed by atoms with Crippen LogP contribution in [0.4, 0.5) is 0 Å². The summed E-state index contributed by atoms with van der Waals surface area (Å²) in [6, 6.07) is 2.92. The maximum Gasteiger partial charge on any atom is 0.338 e. The van der Waals surface area contributed by atoms with Crippen LogP contribution >= 0.6 is 23.2 Å². The van der Waals surface area contributed by atoms with Gasteiger partial charge in [-0.3, -0.25) is 0 Å². The summed E-state index contributed by atoms with van der Waals surface area (Å²) in [6.07, 6.45) is 5.43. The van der Waals surface area contributed by atoms with Crippen LogP contribution in [0.1, 0.15) is 56.3 Å². The largest absolute Gasteiger partial charge is 0.459 e. The van der Waals surface area contributed by atoms with E-state index in [9.17, 15) is 4.79 Å². The molecule has 3 nitrogen and oxygen atoms in total. The standard InChI is InChI=1S/C14H19Cl2NO2/c1-3-4-5-6-7-10(2)19-14(18)11-8-12(15)17-13(16)9-11/h8-10H,3-7H2,1-2H3. The highest BCUT2D eigenvalue weighted by molar-refractivity contribution is 6.32. The lowest BCUT2D eigenvalue weighted by atomic mass is 10.1. The number of rotatable bonds is 7. The molecule has 0 aliphatic heterocycles. The van der Waals surface area contributed by atoms with Crippen molar-refractivity contribution < 1.29 is 9.53 Å². The molecule has 1 unspecified atom stereocenters. The molecule has 1 rings (SSSR count). The maximum atomic E-state index is 11.9. The van der Waals surface area contributed by atoms with Gasteiger partial charge in [0.2, 0.25) is 0 Å². The van der Waals surface area contributed by atoms with Crippen LogP contribution in [-0.4, -0.2) is 17.1 Å². The van der Waals surface area contributed by atoms with Crippen molar-refractivity contribution in [2.75, 3.05) is 0 Å². The lowest BCUT2D eigenvalue weighted by Gasteiger charge is -2.13. The summed E-state index contributed by atoms with van der Waals surface area (Å²) in [5.41, 5.74) is 0.338. The number of esters is 1. The molecule has 0 bridgehead atoms. The van der Waals surface area contributed by atoms with Crippen molar-refractivity contribution in [2.24, 2.45) is 0 Å². The summed E-state index contributed by atoms with van der Waals surface area (Å²) in [5, 5.41) is 0.380. The Bertz CT molecular complexity index is 404. The van der Waals surface area contributed by atoms with Crippen LogP contribution in [0.15, 0.2) is 12.1 Å². The first-order valence-corrected chi connectivity index (χ1v) is 7.32. The summed E-state index contributed by atoms with van der Waals surface area (Å²) < 4.78 is 5.34. The van der Waals surface area contributed by atoms with Crippen LogP contribution in [0.25, 0.3) is 0 Å². The van der Waals surface area contributed by atoms with Crippen LogP contribution < -0.4 is 0 Å². The van der Waals surface area contributed by atoms with Gasteiger partial charge in [0.1, 0.15) is 10.3 Å². The fraction of sp³-hybridized carbons (Fsp3) is 0.571. The van der Waals surface area contributed by atoms with Gasteiger partial charge in [-0.05, 0) is 31.9 Å². The van der Waals surface area contributed by atoms with E-state index in [1.165, 1.54) is 31.4 Å². The van der Waals surface area contributed by atoms with Crippen LogP contribution in [0.3, 0.4) is 0 Å². The summed E-state index contributed by atoms with van der Waals surface area (Å²) >= 11 is 11.5. The Morgan fingerprint density at radius 1 is 1.26 bits per heavy atom. The zero-order chi connectivity index (χ0) is 14.3. The molecule has 0 amide bonds. The zero-order valence-corrected chi connectivity index (χ0v) is 12.8. The van der Waals surface area contributed by atoms with Crippen LogP contribution in [0, 0.1) is 0 Å². The number of nitrogens with zero attached hydrogens (tertiary/aromatic N) is 1. The van der Waals surface area contributed by atoms with E-state index in [0.29, 0.717) is 5.56 Å². The number of pyridine rings is 1. The van der Waals surface area contributed by atoms with E-state index in [4.69, 9.17) is 27.9 Å². The second-order valence-corrected chi connectivity index (χ2v) is 5.34. The normalized spacial score (nSPS) is 12.2. The number of carbonyl (C=O) groups excluding carboxylic acids is 1. The van der Waals surface area contributed by atoms with E-state index < -0.39 is 5.97 Å². The quantitative estimate of drug-likeness (QED) is 0.408. The molecule has 1 atom stereocenters. The topological polar surface area (TPSA) is 39.2 Å². The Kier molecular flexibility index (Phi) is 7.17. The molecular weight excluding hydrogens is 285 g/mol. The lowest BCUT2D eigenvalue weighted by Crippen LogP contribution is -2.15.